The van der Waals surface area contributed by atoms with Crippen LogP contribution in [0.15, 0.2) is 41.2 Å². The van der Waals surface area contributed by atoms with E-state index in [2.05, 4.69) is 10.4 Å². The number of nitriles is 1. The Balaban J connectivity index is 2.02. The number of aryl methyl sites for hydroxylation is 2. The summed E-state index contributed by atoms with van der Waals surface area (Å²) in [5.41, 5.74) is 0.844. The van der Waals surface area contributed by atoms with E-state index in [1.807, 2.05) is 6.07 Å². The molecule has 0 saturated carbocycles. The molecule has 3 rings (SSSR count). The van der Waals surface area contributed by atoms with Crippen molar-refractivity contribution in [3.8, 4) is 17.5 Å². The van der Waals surface area contributed by atoms with Gasteiger partial charge in [-0.2, -0.15) is 14.6 Å². The van der Waals surface area contributed by atoms with Gasteiger partial charge in [-0.1, -0.05) is 17.7 Å². The van der Waals surface area contributed by atoms with Gasteiger partial charge in [0.2, 0.25) is 0 Å². The van der Waals surface area contributed by atoms with E-state index in [4.69, 9.17) is 4.74 Å². The molecule has 3 aromatic rings. The summed E-state index contributed by atoms with van der Waals surface area (Å²) in [5.74, 6) is 0.0146. The maximum Gasteiger partial charge on any atom is 0.368 e. The van der Waals surface area contributed by atoms with Gasteiger partial charge >= 0.3 is 5.69 Å². The highest BCUT2D eigenvalue weighted by molar-refractivity contribution is 5.50. The minimum absolute atomic E-state index is 0.0146. The van der Waals surface area contributed by atoms with Gasteiger partial charge in [-0.3, -0.25) is 0 Å². The van der Waals surface area contributed by atoms with Crippen LogP contribution in [0.3, 0.4) is 0 Å². The van der Waals surface area contributed by atoms with Crippen molar-refractivity contribution in [2.75, 3.05) is 0 Å². The number of hydrogen-bond donors (Lipinski definition) is 0. The lowest BCUT2D eigenvalue weighted by molar-refractivity contribution is 0.144. The van der Waals surface area contributed by atoms with Crippen molar-refractivity contribution in [1.82, 2.24) is 19.8 Å². The van der Waals surface area contributed by atoms with E-state index in [0.717, 1.165) is 9.36 Å². The van der Waals surface area contributed by atoms with Crippen LogP contribution in [-0.2, 0) is 13.7 Å². The Kier molecular flexibility index (Phi) is 4.98. The molecule has 1 heterocycles. The number of ether oxygens (including phenoxy) is 1. The topological polar surface area (TPSA) is 85.7 Å². The molecule has 0 radical (unpaired) electrons. The first-order chi connectivity index (χ1) is 12.9. The summed E-state index contributed by atoms with van der Waals surface area (Å²) in [6.45, 7) is 1.52. The van der Waals surface area contributed by atoms with Crippen molar-refractivity contribution >= 4 is 0 Å². The minimum atomic E-state index is -2.70. The molecule has 0 aliphatic carbocycles. The van der Waals surface area contributed by atoms with Crippen LogP contribution in [0.5, 0.6) is 5.75 Å². The molecule has 27 heavy (non-hydrogen) atoms. The van der Waals surface area contributed by atoms with E-state index in [1.165, 1.54) is 19.2 Å². The zero-order chi connectivity index (χ0) is 19.6. The molecule has 0 fully saturated rings. The zero-order valence-electron chi connectivity index (χ0n) is 14.6. The van der Waals surface area contributed by atoms with Crippen LogP contribution in [0.25, 0.3) is 5.69 Å². The van der Waals surface area contributed by atoms with E-state index >= 15 is 0 Å². The predicted octanol–water partition coefficient (Wildman–Crippen LogP) is 2.66. The van der Waals surface area contributed by atoms with Gasteiger partial charge in [-0.25, -0.2) is 13.6 Å². The third-order valence-corrected chi connectivity index (χ3v) is 3.99. The standard InChI is InChI=1S/C18H15F2N5O2/c1-11-6-7-16(13(8-11)17(19)20)27-10-14-12(9-21)4-3-5-15(14)25-18(26)24(2)22-23-25/h3-8,17H,10H2,1-2H3. The van der Waals surface area contributed by atoms with Crippen LogP contribution in [0, 0.1) is 18.3 Å². The predicted molar refractivity (Wildman–Crippen MR) is 91.8 cm³/mol. The lowest BCUT2D eigenvalue weighted by Gasteiger charge is -2.14. The molecule has 0 amide bonds. The molecule has 0 spiro atoms. The average Bonchev–Trinajstić information content (AvgIpc) is 2.99. The highest BCUT2D eigenvalue weighted by Gasteiger charge is 2.18. The molecular formula is C18H15F2N5O2. The van der Waals surface area contributed by atoms with Gasteiger partial charge in [0.25, 0.3) is 6.43 Å². The highest BCUT2D eigenvalue weighted by Crippen LogP contribution is 2.31. The first-order valence-electron chi connectivity index (χ1n) is 7.95. The highest BCUT2D eigenvalue weighted by atomic mass is 19.3. The van der Waals surface area contributed by atoms with Gasteiger partial charge in [-0.05, 0) is 41.6 Å². The summed E-state index contributed by atoms with van der Waals surface area (Å²) in [4.78, 5) is 12.2. The third kappa shape index (κ3) is 3.55. The molecule has 7 nitrogen and oxygen atoms in total. The lowest BCUT2D eigenvalue weighted by atomic mass is 10.1. The summed E-state index contributed by atoms with van der Waals surface area (Å²) >= 11 is 0. The third-order valence-electron chi connectivity index (χ3n) is 3.99. The number of benzene rings is 2. The Morgan fingerprint density at radius 1 is 1.26 bits per heavy atom. The molecule has 2 aromatic carbocycles. The Morgan fingerprint density at radius 2 is 2.04 bits per heavy atom. The molecule has 9 heteroatoms. The molecule has 0 saturated heterocycles. The number of hydrogen-bond acceptors (Lipinski definition) is 5. The summed E-state index contributed by atoms with van der Waals surface area (Å²) in [5, 5.41) is 16.8. The Morgan fingerprint density at radius 3 is 2.67 bits per heavy atom. The molecule has 0 unspecified atom stereocenters. The van der Waals surface area contributed by atoms with Crippen molar-refractivity contribution in [3.05, 3.63) is 69.1 Å². The summed E-state index contributed by atoms with van der Waals surface area (Å²) in [6.07, 6.45) is -2.70. The number of alkyl halides is 2. The Labute approximate surface area is 153 Å². The second-order valence-corrected chi connectivity index (χ2v) is 5.84. The monoisotopic (exact) mass is 371 g/mol. The Hall–Kier alpha value is -3.54. The van der Waals surface area contributed by atoms with E-state index < -0.39 is 12.1 Å². The van der Waals surface area contributed by atoms with Crippen molar-refractivity contribution in [2.45, 2.75) is 20.0 Å². The van der Waals surface area contributed by atoms with Gasteiger partial charge in [0.05, 0.1) is 22.9 Å². The van der Waals surface area contributed by atoms with E-state index in [-0.39, 0.29) is 23.5 Å². The molecule has 0 bridgehead atoms. The molecule has 0 aliphatic rings. The van der Waals surface area contributed by atoms with E-state index in [0.29, 0.717) is 16.8 Å². The summed E-state index contributed by atoms with van der Waals surface area (Å²) < 4.78 is 34.2. The number of rotatable bonds is 5. The van der Waals surface area contributed by atoms with E-state index in [1.54, 1.807) is 31.2 Å². The largest absolute Gasteiger partial charge is 0.488 e. The van der Waals surface area contributed by atoms with Crippen LogP contribution >= 0.6 is 0 Å². The smallest absolute Gasteiger partial charge is 0.368 e. The Bertz CT molecular complexity index is 1080. The van der Waals surface area contributed by atoms with Crippen LogP contribution < -0.4 is 10.4 Å². The van der Waals surface area contributed by atoms with Crippen LogP contribution in [0.1, 0.15) is 28.7 Å². The average molecular weight is 371 g/mol. The number of nitrogens with zero attached hydrogens (tertiary/aromatic N) is 5. The number of tetrazole rings is 1. The zero-order valence-corrected chi connectivity index (χ0v) is 14.6. The number of halogens is 2. The van der Waals surface area contributed by atoms with Gasteiger partial charge in [0.1, 0.15) is 12.4 Å². The van der Waals surface area contributed by atoms with Crippen LogP contribution in [-0.4, -0.2) is 19.8 Å². The molecule has 0 N–H and O–H groups in total. The first kappa shape index (κ1) is 18.3. The van der Waals surface area contributed by atoms with Crippen LogP contribution in [0.2, 0.25) is 0 Å². The molecule has 1 aromatic heterocycles. The second-order valence-electron chi connectivity index (χ2n) is 5.84. The second kappa shape index (κ2) is 7.37. The summed E-state index contributed by atoms with van der Waals surface area (Å²) in [6, 6.07) is 11.2. The molecule has 0 atom stereocenters. The van der Waals surface area contributed by atoms with Crippen molar-refractivity contribution in [1.29, 1.82) is 5.26 Å². The van der Waals surface area contributed by atoms with Crippen molar-refractivity contribution in [3.63, 3.8) is 0 Å². The van der Waals surface area contributed by atoms with Gasteiger partial charge in [0.15, 0.2) is 0 Å². The maximum atomic E-state index is 13.3. The van der Waals surface area contributed by atoms with Gasteiger partial charge in [-0.15, -0.1) is 0 Å². The summed E-state index contributed by atoms with van der Waals surface area (Å²) in [7, 11) is 1.44. The van der Waals surface area contributed by atoms with Crippen molar-refractivity contribution in [2.24, 2.45) is 7.05 Å². The normalized spacial score (nSPS) is 10.8. The van der Waals surface area contributed by atoms with Crippen LogP contribution in [0.4, 0.5) is 8.78 Å². The van der Waals surface area contributed by atoms with E-state index in [9.17, 15) is 18.8 Å². The fourth-order valence-electron chi connectivity index (χ4n) is 2.61. The quantitative estimate of drug-likeness (QED) is 0.688. The number of aromatic nitrogens is 4. The molecule has 0 aliphatic heterocycles. The fourth-order valence-corrected chi connectivity index (χ4v) is 2.61. The molecule has 138 valence electrons. The van der Waals surface area contributed by atoms with Gasteiger partial charge in [0, 0.05) is 12.6 Å². The van der Waals surface area contributed by atoms with Crippen molar-refractivity contribution < 1.29 is 13.5 Å². The SMILES string of the molecule is Cc1ccc(OCc2c(C#N)cccc2-n2nnn(C)c2=O)c(C(F)F)c1. The first-order valence-corrected chi connectivity index (χ1v) is 7.95. The minimum Gasteiger partial charge on any atom is -0.488 e. The fraction of sp³-hybridized carbons (Fsp3) is 0.222. The lowest BCUT2D eigenvalue weighted by Crippen LogP contribution is -2.23. The molecular weight excluding hydrogens is 356 g/mol. The van der Waals surface area contributed by atoms with Gasteiger partial charge < -0.3 is 4.74 Å². The maximum absolute atomic E-state index is 13.3.